The van der Waals surface area contributed by atoms with Gasteiger partial charge in [0.2, 0.25) is 0 Å². The Kier molecular flexibility index (Phi) is 2.97. The van der Waals surface area contributed by atoms with Crippen LogP contribution in [-0.2, 0) is 0 Å². The maximum absolute atomic E-state index is 8.08. The van der Waals surface area contributed by atoms with Crippen LogP contribution in [0, 0.1) is 5.41 Å². The summed E-state index contributed by atoms with van der Waals surface area (Å²) in [6, 6.07) is 17.5. The van der Waals surface area contributed by atoms with Gasteiger partial charge in [0.25, 0.3) is 0 Å². The lowest BCUT2D eigenvalue weighted by atomic mass is 10.0. The van der Waals surface area contributed by atoms with Crippen LogP contribution in [0.5, 0.6) is 0 Å². The van der Waals surface area contributed by atoms with E-state index in [0.717, 1.165) is 15.6 Å². The molecule has 0 unspecified atom stereocenters. The van der Waals surface area contributed by atoms with Gasteiger partial charge < -0.3 is 0 Å². The Bertz CT molecular complexity index is 477. The van der Waals surface area contributed by atoms with Crippen molar-refractivity contribution in [1.82, 2.24) is 0 Å². The van der Waals surface area contributed by atoms with E-state index in [2.05, 4.69) is 15.9 Å². The lowest BCUT2D eigenvalue weighted by Crippen LogP contribution is -2.01. The average molecular weight is 260 g/mol. The van der Waals surface area contributed by atoms with Crippen molar-refractivity contribution in [3.63, 3.8) is 0 Å². The maximum atomic E-state index is 8.08. The van der Waals surface area contributed by atoms with E-state index in [9.17, 15) is 0 Å². The molecule has 0 radical (unpaired) electrons. The monoisotopic (exact) mass is 259 g/mol. The lowest BCUT2D eigenvalue weighted by molar-refractivity contribution is 1.44. The van der Waals surface area contributed by atoms with Crippen LogP contribution in [0.1, 0.15) is 11.1 Å². The van der Waals surface area contributed by atoms with Crippen molar-refractivity contribution in [2.45, 2.75) is 0 Å². The Balaban J connectivity index is 2.42. The Morgan fingerprint density at radius 2 is 1.47 bits per heavy atom. The van der Waals surface area contributed by atoms with Crippen molar-refractivity contribution in [2.75, 3.05) is 0 Å². The second kappa shape index (κ2) is 4.41. The first-order valence-corrected chi connectivity index (χ1v) is 5.47. The number of hydrogen-bond acceptors (Lipinski definition) is 1. The highest BCUT2D eigenvalue weighted by Crippen LogP contribution is 2.19. The molecule has 0 atom stereocenters. The fourth-order valence-electron chi connectivity index (χ4n) is 1.42. The van der Waals surface area contributed by atoms with Gasteiger partial charge >= 0.3 is 0 Å². The standard InChI is InChI=1S/C13H10BrN/c14-12-9-5-4-8-11(12)13(15)10-6-2-1-3-7-10/h1-9,15H. The first-order chi connectivity index (χ1) is 7.29. The maximum Gasteiger partial charge on any atom is 0.0695 e. The summed E-state index contributed by atoms with van der Waals surface area (Å²) in [6.07, 6.45) is 0. The van der Waals surface area contributed by atoms with E-state index in [-0.39, 0.29) is 0 Å². The summed E-state index contributed by atoms with van der Waals surface area (Å²) in [4.78, 5) is 0. The normalized spacial score (nSPS) is 9.93. The third-order valence-electron chi connectivity index (χ3n) is 2.21. The van der Waals surface area contributed by atoms with E-state index in [1.807, 2.05) is 54.6 Å². The van der Waals surface area contributed by atoms with Crippen molar-refractivity contribution >= 4 is 21.6 Å². The van der Waals surface area contributed by atoms with Crippen molar-refractivity contribution in [2.24, 2.45) is 0 Å². The highest BCUT2D eigenvalue weighted by Gasteiger charge is 2.06. The van der Waals surface area contributed by atoms with E-state index >= 15 is 0 Å². The topological polar surface area (TPSA) is 23.9 Å². The molecule has 74 valence electrons. The number of halogens is 1. The van der Waals surface area contributed by atoms with Gasteiger partial charge in [-0.25, -0.2) is 0 Å². The number of benzene rings is 2. The molecule has 0 fully saturated rings. The molecule has 0 aliphatic rings. The summed E-state index contributed by atoms with van der Waals surface area (Å²) >= 11 is 3.45. The Hall–Kier alpha value is -1.41. The molecule has 15 heavy (non-hydrogen) atoms. The molecule has 1 N–H and O–H groups in total. The molecule has 0 amide bonds. The number of rotatable bonds is 2. The van der Waals surface area contributed by atoms with Crippen molar-refractivity contribution in [1.29, 1.82) is 5.41 Å². The SMILES string of the molecule is N=C(c1ccccc1)c1ccccc1Br. The minimum absolute atomic E-state index is 0.545. The second-order valence-corrected chi connectivity index (χ2v) is 4.08. The zero-order valence-electron chi connectivity index (χ0n) is 8.07. The molecule has 0 spiro atoms. The molecule has 0 saturated heterocycles. The second-order valence-electron chi connectivity index (χ2n) is 3.22. The van der Waals surface area contributed by atoms with Crippen LogP contribution >= 0.6 is 15.9 Å². The third kappa shape index (κ3) is 2.16. The molecule has 0 aromatic heterocycles. The smallest absolute Gasteiger partial charge is 0.0695 e. The minimum Gasteiger partial charge on any atom is -0.300 e. The molecule has 0 heterocycles. The summed E-state index contributed by atoms with van der Waals surface area (Å²) in [5.41, 5.74) is 2.40. The summed E-state index contributed by atoms with van der Waals surface area (Å²) in [5.74, 6) is 0. The van der Waals surface area contributed by atoms with E-state index in [1.165, 1.54) is 0 Å². The molecule has 2 heteroatoms. The van der Waals surface area contributed by atoms with Gasteiger partial charge in [-0.1, -0.05) is 64.5 Å². The van der Waals surface area contributed by atoms with Crippen molar-refractivity contribution < 1.29 is 0 Å². The Morgan fingerprint density at radius 3 is 2.13 bits per heavy atom. The fraction of sp³-hybridized carbons (Fsp3) is 0. The molecule has 0 bridgehead atoms. The van der Waals surface area contributed by atoms with Gasteiger partial charge in [0, 0.05) is 15.6 Å². The summed E-state index contributed by atoms with van der Waals surface area (Å²) in [6.45, 7) is 0. The Labute approximate surface area is 97.4 Å². The first kappa shape index (κ1) is 10.1. The molecule has 0 aliphatic heterocycles. The highest BCUT2D eigenvalue weighted by molar-refractivity contribution is 9.10. The van der Waals surface area contributed by atoms with Gasteiger partial charge in [-0.3, -0.25) is 5.41 Å². The largest absolute Gasteiger partial charge is 0.300 e. The number of hydrogen-bond donors (Lipinski definition) is 1. The van der Waals surface area contributed by atoms with Crippen LogP contribution in [0.2, 0.25) is 0 Å². The molecular weight excluding hydrogens is 250 g/mol. The van der Waals surface area contributed by atoms with Crippen LogP contribution in [0.25, 0.3) is 0 Å². The van der Waals surface area contributed by atoms with E-state index in [4.69, 9.17) is 5.41 Å². The predicted molar refractivity (Wildman–Crippen MR) is 66.5 cm³/mol. The third-order valence-corrected chi connectivity index (χ3v) is 2.90. The van der Waals surface area contributed by atoms with Gasteiger partial charge in [-0.2, -0.15) is 0 Å². The highest BCUT2D eigenvalue weighted by atomic mass is 79.9. The fourth-order valence-corrected chi connectivity index (χ4v) is 1.91. The minimum atomic E-state index is 0.545. The van der Waals surface area contributed by atoms with Gasteiger partial charge in [0.1, 0.15) is 0 Å². The van der Waals surface area contributed by atoms with Crippen LogP contribution in [0.15, 0.2) is 59.1 Å². The molecule has 1 nitrogen and oxygen atoms in total. The summed E-state index contributed by atoms with van der Waals surface area (Å²) in [7, 11) is 0. The van der Waals surface area contributed by atoms with Gasteiger partial charge in [0.05, 0.1) is 5.71 Å². The summed E-state index contributed by atoms with van der Waals surface area (Å²) < 4.78 is 0.957. The molecule has 0 aliphatic carbocycles. The van der Waals surface area contributed by atoms with Crippen LogP contribution in [0.4, 0.5) is 0 Å². The van der Waals surface area contributed by atoms with Crippen molar-refractivity contribution in [3.8, 4) is 0 Å². The Morgan fingerprint density at radius 1 is 0.867 bits per heavy atom. The van der Waals surface area contributed by atoms with Gasteiger partial charge in [-0.05, 0) is 6.07 Å². The van der Waals surface area contributed by atoms with E-state index in [0.29, 0.717) is 5.71 Å². The zero-order valence-corrected chi connectivity index (χ0v) is 9.66. The van der Waals surface area contributed by atoms with Gasteiger partial charge in [0.15, 0.2) is 0 Å². The van der Waals surface area contributed by atoms with Crippen LogP contribution < -0.4 is 0 Å². The number of nitrogens with one attached hydrogen (secondary N) is 1. The predicted octanol–water partition coefficient (Wildman–Crippen LogP) is 3.87. The van der Waals surface area contributed by atoms with Crippen molar-refractivity contribution in [3.05, 3.63) is 70.2 Å². The molecule has 0 saturated carbocycles. The van der Waals surface area contributed by atoms with Crippen LogP contribution in [-0.4, -0.2) is 5.71 Å². The molecule has 2 rings (SSSR count). The van der Waals surface area contributed by atoms with E-state index in [1.54, 1.807) is 0 Å². The quantitative estimate of drug-likeness (QED) is 0.793. The molecule has 2 aromatic rings. The first-order valence-electron chi connectivity index (χ1n) is 4.68. The summed E-state index contributed by atoms with van der Waals surface area (Å²) in [5, 5.41) is 8.08. The molecule has 2 aromatic carbocycles. The van der Waals surface area contributed by atoms with Gasteiger partial charge in [-0.15, -0.1) is 0 Å². The molecular formula is C13H10BrN. The zero-order chi connectivity index (χ0) is 10.7. The average Bonchev–Trinajstić information content (AvgIpc) is 2.30. The van der Waals surface area contributed by atoms with E-state index < -0.39 is 0 Å². The van der Waals surface area contributed by atoms with Crippen LogP contribution in [0.3, 0.4) is 0 Å². The lowest BCUT2D eigenvalue weighted by Gasteiger charge is -2.05.